The molecule has 28 heavy (non-hydrogen) atoms. The fourth-order valence-corrected chi connectivity index (χ4v) is 3.52. The Kier molecular flexibility index (Phi) is 10.1. The van der Waals surface area contributed by atoms with Gasteiger partial charge in [0.15, 0.2) is 0 Å². The lowest BCUT2D eigenvalue weighted by molar-refractivity contribution is -0.132. The smallest absolute Gasteiger partial charge is 0.236 e. The number of rotatable bonds is 6. The Balaban J connectivity index is 0.00000196. The first-order chi connectivity index (χ1) is 12.6. The van der Waals surface area contributed by atoms with Crippen LogP contribution in [0.3, 0.4) is 0 Å². The van der Waals surface area contributed by atoms with Crippen molar-refractivity contribution in [1.82, 2.24) is 19.4 Å². The molecular formula is C19H28Cl3N5O. The van der Waals surface area contributed by atoms with E-state index in [4.69, 9.17) is 11.6 Å². The third-order valence-corrected chi connectivity index (χ3v) is 5.07. The van der Waals surface area contributed by atoms with Gasteiger partial charge in [0.05, 0.1) is 6.54 Å². The molecule has 0 saturated carbocycles. The Hall–Kier alpha value is -1.47. The van der Waals surface area contributed by atoms with Crippen LogP contribution < -0.4 is 4.90 Å². The number of amides is 1. The van der Waals surface area contributed by atoms with Gasteiger partial charge in [0.2, 0.25) is 11.9 Å². The highest BCUT2D eigenvalue weighted by molar-refractivity contribution is 6.30. The summed E-state index contributed by atoms with van der Waals surface area (Å²) in [6.07, 6.45) is 3.77. The number of imidazole rings is 1. The summed E-state index contributed by atoms with van der Waals surface area (Å²) in [6, 6.07) is 7.77. The first kappa shape index (κ1) is 24.6. The zero-order chi connectivity index (χ0) is 18.5. The number of halogens is 3. The monoisotopic (exact) mass is 447 g/mol. The van der Waals surface area contributed by atoms with Crippen molar-refractivity contribution in [3.63, 3.8) is 0 Å². The second-order valence-electron chi connectivity index (χ2n) is 6.41. The maximum Gasteiger partial charge on any atom is 0.236 e. The Morgan fingerprint density at radius 2 is 1.82 bits per heavy atom. The molecule has 1 saturated heterocycles. The second-order valence-corrected chi connectivity index (χ2v) is 6.84. The molecule has 3 rings (SSSR count). The van der Waals surface area contributed by atoms with Crippen molar-refractivity contribution >= 4 is 48.3 Å². The summed E-state index contributed by atoms with van der Waals surface area (Å²) in [4.78, 5) is 23.2. The van der Waals surface area contributed by atoms with Crippen LogP contribution in [0.2, 0.25) is 5.02 Å². The molecule has 0 aliphatic carbocycles. The predicted octanol–water partition coefficient (Wildman–Crippen LogP) is 3.36. The summed E-state index contributed by atoms with van der Waals surface area (Å²) < 4.78 is 2.06. The molecule has 1 fully saturated rings. The molecule has 0 atom stereocenters. The lowest BCUT2D eigenvalue weighted by atomic mass is 10.3. The lowest BCUT2D eigenvalue weighted by Gasteiger charge is -2.35. The van der Waals surface area contributed by atoms with Crippen molar-refractivity contribution in [2.45, 2.75) is 13.8 Å². The number of piperazine rings is 1. The molecule has 6 nitrogen and oxygen atoms in total. The number of hydrogen-bond donors (Lipinski definition) is 0. The van der Waals surface area contributed by atoms with Gasteiger partial charge in [-0.25, -0.2) is 4.98 Å². The number of nitrogens with zero attached hydrogens (tertiary/aromatic N) is 5. The van der Waals surface area contributed by atoms with E-state index in [1.54, 1.807) is 0 Å². The summed E-state index contributed by atoms with van der Waals surface area (Å²) in [5, 5.41) is 0.710. The minimum absolute atomic E-state index is 0. The van der Waals surface area contributed by atoms with Crippen molar-refractivity contribution < 1.29 is 4.79 Å². The zero-order valence-corrected chi connectivity index (χ0v) is 18.6. The van der Waals surface area contributed by atoms with Gasteiger partial charge < -0.3 is 9.80 Å². The topological polar surface area (TPSA) is 44.6 Å². The fraction of sp³-hybridized carbons (Fsp3) is 0.474. The molecule has 0 bridgehead atoms. The average molecular weight is 449 g/mol. The molecule has 2 aromatic rings. The van der Waals surface area contributed by atoms with Crippen LogP contribution >= 0.6 is 36.4 Å². The molecule has 0 unspecified atom stereocenters. The predicted molar refractivity (Wildman–Crippen MR) is 120 cm³/mol. The van der Waals surface area contributed by atoms with Gasteiger partial charge in [-0.05, 0) is 32.0 Å². The van der Waals surface area contributed by atoms with Crippen LogP contribution in [-0.2, 0) is 4.79 Å². The van der Waals surface area contributed by atoms with Crippen LogP contribution in [0.1, 0.15) is 13.8 Å². The van der Waals surface area contributed by atoms with E-state index in [1.165, 1.54) is 0 Å². The Morgan fingerprint density at radius 3 is 2.43 bits per heavy atom. The summed E-state index contributed by atoms with van der Waals surface area (Å²) >= 11 is 6.13. The molecule has 0 N–H and O–H groups in total. The minimum Gasteiger partial charge on any atom is -0.342 e. The van der Waals surface area contributed by atoms with Crippen LogP contribution in [0, 0.1) is 0 Å². The van der Waals surface area contributed by atoms with Crippen LogP contribution in [-0.4, -0.2) is 71.1 Å². The highest BCUT2D eigenvalue weighted by Gasteiger charge is 2.23. The second kappa shape index (κ2) is 11.5. The number of aromatic nitrogens is 2. The molecule has 9 heteroatoms. The number of hydrogen-bond acceptors (Lipinski definition) is 4. The van der Waals surface area contributed by atoms with Crippen LogP contribution in [0.4, 0.5) is 5.95 Å². The first-order valence-corrected chi connectivity index (χ1v) is 9.54. The number of carbonyl (C=O) groups is 1. The van der Waals surface area contributed by atoms with E-state index in [9.17, 15) is 4.79 Å². The van der Waals surface area contributed by atoms with Gasteiger partial charge >= 0.3 is 0 Å². The van der Waals surface area contributed by atoms with E-state index in [-0.39, 0.29) is 30.7 Å². The van der Waals surface area contributed by atoms with Gasteiger partial charge in [-0.2, -0.15) is 0 Å². The molecule has 1 aromatic carbocycles. The zero-order valence-electron chi connectivity index (χ0n) is 16.3. The molecular weight excluding hydrogens is 421 g/mol. The average Bonchev–Trinajstić information content (AvgIpc) is 3.13. The molecule has 1 aliphatic heterocycles. The van der Waals surface area contributed by atoms with Gasteiger partial charge in [0.25, 0.3) is 0 Å². The molecule has 1 aromatic heterocycles. The maximum absolute atomic E-state index is 12.3. The number of carbonyl (C=O) groups excluding carboxylic acids is 1. The van der Waals surface area contributed by atoms with E-state index < -0.39 is 0 Å². The van der Waals surface area contributed by atoms with E-state index in [0.29, 0.717) is 11.6 Å². The SMILES string of the molecule is CCN(CC)C(=O)CN1CCN(c2nccn2-c2cccc(Cl)c2)CC1.Cl.Cl. The van der Waals surface area contributed by atoms with Gasteiger partial charge in [0, 0.05) is 62.4 Å². The summed E-state index contributed by atoms with van der Waals surface area (Å²) in [7, 11) is 0. The summed E-state index contributed by atoms with van der Waals surface area (Å²) in [6.45, 7) is 9.50. The quantitative estimate of drug-likeness (QED) is 0.680. The molecule has 2 heterocycles. The number of anilines is 1. The summed E-state index contributed by atoms with van der Waals surface area (Å²) in [5.74, 6) is 1.13. The largest absolute Gasteiger partial charge is 0.342 e. The highest BCUT2D eigenvalue weighted by atomic mass is 35.5. The molecule has 0 radical (unpaired) electrons. The van der Waals surface area contributed by atoms with E-state index >= 15 is 0 Å². The standard InChI is InChI=1S/C19H26ClN5O.2ClH/c1-3-23(4-2)18(26)15-22-10-12-24(13-11-22)19-21-8-9-25(19)17-7-5-6-16(20)14-17;;/h5-9,14H,3-4,10-13,15H2,1-2H3;2*1H. The van der Waals surface area contributed by atoms with E-state index in [2.05, 4.69) is 19.4 Å². The molecule has 1 aliphatic rings. The Morgan fingerprint density at radius 1 is 1.14 bits per heavy atom. The Labute approximate surface area is 184 Å². The molecule has 1 amide bonds. The van der Waals surface area contributed by atoms with Crippen molar-refractivity contribution in [3.8, 4) is 5.69 Å². The third kappa shape index (κ3) is 5.77. The fourth-order valence-electron chi connectivity index (χ4n) is 3.33. The van der Waals surface area contributed by atoms with Crippen molar-refractivity contribution in [1.29, 1.82) is 0 Å². The maximum atomic E-state index is 12.3. The van der Waals surface area contributed by atoms with Gasteiger partial charge in [-0.3, -0.25) is 14.3 Å². The Bertz CT molecular complexity index is 743. The number of benzene rings is 1. The minimum atomic E-state index is 0. The van der Waals surface area contributed by atoms with Crippen LogP contribution in [0.25, 0.3) is 5.69 Å². The van der Waals surface area contributed by atoms with Crippen molar-refractivity contribution in [2.24, 2.45) is 0 Å². The summed E-state index contributed by atoms with van der Waals surface area (Å²) in [5.41, 5.74) is 1.00. The van der Waals surface area contributed by atoms with Crippen LogP contribution in [0.15, 0.2) is 36.7 Å². The third-order valence-electron chi connectivity index (χ3n) is 4.84. The van der Waals surface area contributed by atoms with Crippen molar-refractivity contribution in [2.75, 3.05) is 50.7 Å². The number of likely N-dealkylation sites (N-methyl/N-ethyl adjacent to an activating group) is 1. The van der Waals surface area contributed by atoms with Gasteiger partial charge in [-0.1, -0.05) is 17.7 Å². The van der Waals surface area contributed by atoms with Crippen molar-refractivity contribution in [3.05, 3.63) is 41.7 Å². The molecule has 0 spiro atoms. The highest BCUT2D eigenvalue weighted by Crippen LogP contribution is 2.22. The van der Waals surface area contributed by atoms with E-state index in [1.807, 2.05) is 55.4 Å². The van der Waals surface area contributed by atoms with Crippen LogP contribution in [0.5, 0.6) is 0 Å². The van der Waals surface area contributed by atoms with Gasteiger partial charge in [0.1, 0.15) is 0 Å². The molecule has 156 valence electrons. The van der Waals surface area contributed by atoms with Gasteiger partial charge in [-0.15, -0.1) is 24.8 Å². The van der Waals surface area contributed by atoms with E-state index in [0.717, 1.165) is 50.9 Å². The first-order valence-electron chi connectivity index (χ1n) is 9.16. The normalized spacial score (nSPS) is 14.2. The lowest BCUT2D eigenvalue weighted by Crippen LogP contribution is -2.50.